The van der Waals surface area contributed by atoms with Gasteiger partial charge in [-0.15, -0.1) is 0 Å². The second kappa shape index (κ2) is 3.10. The van der Waals surface area contributed by atoms with Crippen LogP contribution in [0.1, 0.15) is 11.3 Å². The number of nitrogen functional groups attached to an aromatic ring is 1. The minimum Gasteiger partial charge on any atom is -0.368 e. The SMILES string of the molecule is Cc1nc(N)nc(-n2ccnc2)c1C. The Balaban J connectivity index is 2.64. The highest BCUT2D eigenvalue weighted by Crippen LogP contribution is 2.14. The fourth-order valence-corrected chi connectivity index (χ4v) is 1.27. The van der Waals surface area contributed by atoms with E-state index in [1.54, 1.807) is 12.5 Å². The number of aryl methyl sites for hydroxylation is 1. The lowest BCUT2D eigenvalue weighted by Crippen LogP contribution is -2.06. The minimum atomic E-state index is 0.289. The van der Waals surface area contributed by atoms with E-state index in [1.165, 1.54) is 0 Å². The fraction of sp³-hybridized carbons (Fsp3) is 0.222. The number of nitrogens with zero attached hydrogens (tertiary/aromatic N) is 4. The van der Waals surface area contributed by atoms with Gasteiger partial charge < -0.3 is 5.73 Å². The molecule has 0 bridgehead atoms. The Bertz CT molecular complexity index is 446. The Morgan fingerprint density at radius 1 is 1.29 bits per heavy atom. The third kappa shape index (κ3) is 1.32. The molecule has 0 atom stereocenters. The molecule has 0 fully saturated rings. The van der Waals surface area contributed by atoms with Crippen molar-refractivity contribution in [3.05, 3.63) is 30.0 Å². The quantitative estimate of drug-likeness (QED) is 0.722. The zero-order valence-electron chi connectivity index (χ0n) is 8.10. The molecule has 14 heavy (non-hydrogen) atoms. The van der Waals surface area contributed by atoms with Gasteiger partial charge in [0.05, 0.1) is 0 Å². The summed E-state index contributed by atoms with van der Waals surface area (Å²) in [6, 6.07) is 0. The molecule has 2 aromatic rings. The van der Waals surface area contributed by atoms with Crippen LogP contribution in [0.2, 0.25) is 0 Å². The number of nitrogens with two attached hydrogens (primary N) is 1. The van der Waals surface area contributed by atoms with Crippen molar-refractivity contribution in [2.75, 3.05) is 5.73 Å². The summed E-state index contributed by atoms with van der Waals surface area (Å²) in [5, 5.41) is 0. The van der Waals surface area contributed by atoms with Crippen LogP contribution < -0.4 is 5.73 Å². The number of imidazole rings is 1. The Morgan fingerprint density at radius 2 is 2.07 bits per heavy atom. The molecule has 0 amide bonds. The van der Waals surface area contributed by atoms with Gasteiger partial charge in [0.1, 0.15) is 12.1 Å². The van der Waals surface area contributed by atoms with Crippen molar-refractivity contribution in [3.63, 3.8) is 0 Å². The van der Waals surface area contributed by atoms with E-state index in [9.17, 15) is 0 Å². The molecule has 5 nitrogen and oxygen atoms in total. The topological polar surface area (TPSA) is 69.6 Å². The van der Waals surface area contributed by atoms with Crippen LogP contribution in [0.3, 0.4) is 0 Å². The van der Waals surface area contributed by atoms with Crippen molar-refractivity contribution in [3.8, 4) is 5.82 Å². The van der Waals surface area contributed by atoms with E-state index in [1.807, 2.05) is 24.6 Å². The first kappa shape index (κ1) is 8.68. The molecular weight excluding hydrogens is 178 g/mol. The van der Waals surface area contributed by atoms with Gasteiger partial charge in [-0.1, -0.05) is 0 Å². The van der Waals surface area contributed by atoms with E-state index in [0.717, 1.165) is 17.1 Å². The number of hydrogen-bond acceptors (Lipinski definition) is 4. The van der Waals surface area contributed by atoms with Crippen LogP contribution in [-0.4, -0.2) is 19.5 Å². The van der Waals surface area contributed by atoms with Crippen LogP contribution in [0.4, 0.5) is 5.95 Å². The lowest BCUT2D eigenvalue weighted by atomic mass is 10.2. The maximum absolute atomic E-state index is 5.58. The molecule has 5 heteroatoms. The minimum absolute atomic E-state index is 0.289. The number of anilines is 1. The Kier molecular flexibility index (Phi) is 1.92. The average molecular weight is 189 g/mol. The molecule has 2 heterocycles. The number of aromatic nitrogens is 4. The van der Waals surface area contributed by atoms with Crippen molar-refractivity contribution in [2.24, 2.45) is 0 Å². The summed E-state index contributed by atoms with van der Waals surface area (Å²) in [5.74, 6) is 1.07. The van der Waals surface area contributed by atoms with Gasteiger partial charge in [-0.05, 0) is 13.8 Å². The van der Waals surface area contributed by atoms with E-state index in [2.05, 4.69) is 15.0 Å². The number of hydrogen-bond donors (Lipinski definition) is 1. The second-order valence-corrected chi connectivity index (χ2v) is 3.09. The highest BCUT2D eigenvalue weighted by atomic mass is 15.1. The third-order valence-electron chi connectivity index (χ3n) is 2.13. The molecule has 0 aromatic carbocycles. The summed E-state index contributed by atoms with van der Waals surface area (Å²) in [7, 11) is 0. The lowest BCUT2D eigenvalue weighted by Gasteiger charge is -2.07. The summed E-state index contributed by atoms with van der Waals surface area (Å²) in [6.45, 7) is 3.87. The molecule has 0 aliphatic carbocycles. The van der Waals surface area contributed by atoms with Crippen LogP contribution in [0.25, 0.3) is 5.82 Å². The first-order valence-corrected chi connectivity index (χ1v) is 4.27. The predicted octanol–water partition coefficient (Wildman–Crippen LogP) is 0.861. The maximum atomic E-state index is 5.58. The largest absolute Gasteiger partial charge is 0.368 e. The molecule has 0 saturated carbocycles. The van der Waals surface area contributed by atoms with Crippen molar-refractivity contribution in [1.29, 1.82) is 0 Å². The van der Waals surface area contributed by atoms with E-state index in [4.69, 9.17) is 5.73 Å². The van der Waals surface area contributed by atoms with Crippen LogP contribution in [0.15, 0.2) is 18.7 Å². The van der Waals surface area contributed by atoms with Crippen molar-refractivity contribution in [1.82, 2.24) is 19.5 Å². The van der Waals surface area contributed by atoms with Crippen molar-refractivity contribution >= 4 is 5.95 Å². The molecule has 2 aromatic heterocycles. The van der Waals surface area contributed by atoms with Gasteiger partial charge >= 0.3 is 0 Å². The fourth-order valence-electron chi connectivity index (χ4n) is 1.27. The standard InChI is InChI=1S/C9H11N5/c1-6-7(2)12-9(10)13-8(6)14-4-3-11-5-14/h3-5H,1-2H3,(H2,10,12,13). The van der Waals surface area contributed by atoms with E-state index in [0.29, 0.717) is 0 Å². The van der Waals surface area contributed by atoms with Crippen molar-refractivity contribution in [2.45, 2.75) is 13.8 Å². The van der Waals surface area contributed by atoms with Gasteiger partial charge in [0.25, 0.3) is 0 Å². The first-order valence-electron chi connectivity index (χ1n) is 4.27. The van der Waals surface area contributed by atoms with E-state index >= 15 is 0 Å². The molecule has 2 N–H and O–H groups in total. The van der Waals surface area contributed by atoms with Gasteiger partial charge in [-0.25, -0.2) is 9.97 Å². The maximum Gasteiger partial charge on any atom is 0.222 e. The molecule has 0 saturated heterocycles. The average Bonchev–Trinajstić information content (AvgIpc) is 2.63. The lowest BCUT2D eigenvalue weighted by molar-refractivity contribution is 0.940. The van der Waals surface area contributed by atoms with Crippen LogP contribution in [0, 0.1) is 13.8 Å². The zero-order valence-corrected chi connectivity index (χ0v) is 8.10. The van der Waals surface area contributed by atoms with Crippen LogP contribution in [-0.2, 0) is 0 Å². The van der Waals surface area contributed by atoms with Gasteiger partial charge in [0.15, 0.2) is 0 Å². The van der Waals surface area contributed by atoms with Gasteiger partial charge in [0, 0.05) is 23.7 Å². The zero-order chi connectivity index (χ0) is 10.1. The smallest absolute Gasteiger partial charge is 0.222 e. The summed E-state index contributed by atoms with van der Waals surface area (Å²) in [5.41, 5.74) is 7.48. The van der Waals surface area contributed by atoms with Crippen LogP contribution >= 0.6 is 0 Å². The van der Waals surface area contributed by atoms with E-state index < -0.39 is 0 Å². The summed E-state index contributed by atoms with van der Waals surface area (Å²) in [4.78, 5) is 12.2. The molecule has 72 valence electrons. The predicted molar refractivity (Wildman–Crippen MR) is 53.0 cm³/mol. The summed E-state index contributed by atoms with van der Waals surface area (Å²) < 4.78 is 1.82. The van der Waals surface area contributed by atoms with Gasteiger partial charge in [0.2, 0.25) is 5.95 Å². The van der Waals surface area contributed by atoms with Crippen LogP contribution in [0.5, 0.6) is 0 Å². The molecule has 0 unspecified atom stereocenters. The summed E-state index contributed by atoms with van der Waals surface area (Å²) in [6.07, 6.45) is 5.22. The highest BCUT2D eigenvalue weighted by Gasteiger charge is 2.07. The monoisotopic (exact) mass is 189 g/mol. The number of rotatable bonds is 1. The molecule has 0 aliphatic heterocycles. The highest BCUT2D eigenvalue weighted by molar-refractivity contribution is 5.39. The molecular formula is C9H11N5. The molecule has 0 radical (unpaired) electrons. The molecule has 2 rings (SSSR count). The van der Waals surface area contributed by atoms with Gasteiger partial charge in [-0.3, -0.25) is 4.57 Å². The van der Waals surface area contributed by atoms with Crippen molar-refractivity contribution < 1.29 is 0 Å². The Morgan fingerprint density at radius 3 is 2.71 bits per heavy atom. The molecule has 0 spiro atoms. The first-order chi connectivity index (χ1) is 6.68. The van der Waals surface area contributed by atoms with Gasteiger partial charge in [-0.2, -0.15) is 4.98 Å². The van der Waals surface area contributed by atoms with E-state index in [-0.39, 0.29) is 5.95 Å². The third-order valence-corrected chi connectivity index (χ3v) is 2.13. The Hall–Kier alpha value is -1.91. The molecule has 0 aliphatic rings. The second-order valence-electron chi connectivity index (χ2n) is 3.09. The normalized spacial score (nSPS) is 10.4. The summed E-state index contributed by atoms with van der Waals surface area (Å²) >= 11 is 0. The Labute approximate surface area is 81.6 Å².